The molecule has 6 nitrogen and oxygen atoms in total. The fourth-order valence-electron chi connectivity index (χ4n) is 1.36. The molecule has 20 heavy (non-hydrogen) atoms. The van der Waals surface area contributed by atoms with Crippen LogP contribution in [0, 0.1) is 0 Å². The van der Waals surface area contributed by atoms with Crippen LogP contribution in [0.3, 0.4) is 0 Å². The van der Waals surface area contributed by atoms with Gasteiger partial charge < -0.3 is 15.2 Å². The van der Waals surface area contributed by atoms with Gasteiger partial charge in [0.15, 0.2) is 0 Å². The number of aliphatic hydroxyl groups excluding tert-OH is 1. The summed E-state index contributed by atoms with van der Waals surface area (Å²) in [5.41, 5.74) is 0.334. The minimum absolute atomic E-state index is 0.203. The van der Waals surface area contributed by atoms with Gasteiger partial charge >= 0.3 is 0 Å². The smallest absolute Gasteiger partial charge is 0.271 e. The summed E-state index contributed by atoms with van der Waals surface area (Å²) in [7, 11) is 1.00. The molecular formula is C13H21N3O3S. The SMILES string of the molecule is CO.CSc1cnc(C(=O)NCCCCCC=O)cn1. The highest BCUT2D eigenvalue weighted by Gasteiger charge is 2.06. The van der Waals surface area contributed by atoms with Crippen molar-refractivity contribution < 1.29 is 14.7 Å². The van der Waals surface area contributed by atoms with Gasteiger partial charge in [-0.3, -0.25) is 4.79 Å². The summed E-state index contributed by atoms with van der Waals surface area (Å²) in [5, 5.41) is 10.6. The van der Waals surface area contributed by atoms with E-state index in [9.17, 15) is 9.59 Å². The molecule has 1 amide bonds. The van der Waals surface area contributed by atoms with Gasteiger partial charge in [0.1, 0.15) is 17.0 Å². The van der Waals surface area contributed by atoms with Crippen LogP contribution in [-0.2, 0) is 4.79 Å². The lowest BCUT2D eigenvalue weighted by Gasteiger charge is -2.04. The van der Waals surface area contributed by atoms with Crippen molar-refractivity contribution in [1.29, 1.82) is 0 Å². The van der Waals surface area contributed by atoms with Crippen molar-refractivity contribution in [2.45, 2.75) is 30.7 Å². The number of carbonyl (C=O) groups excluding carboxylic acids is 2. The number of unbranched alkanes of at least 4 members (excludes halogenated alkanes) is 3. The van der Waals surface area contributed by atoms with Crippen molar-refractivity contribution in [2.24, 2.45) is 0 Å². The molecule has 0 aliphatic carbocycles. The lowest BCUT2D eigenvalue weighted by molar-refractivity contribution is -0.107. The molecule has 0 atom stereocenters. The van der Waals surface area contributed by atoms with E-state index in [0.717, 1.165) is 37.7 Å². The Kier molecular flexibility index (Phi) is 11.6. The summed E-state index contributed by atoms with van der Waals surface area (Å²) in [6, 6.07) is 0. The zero-order chi connectivity index (χ0) is 15.2. The van der Waals surface area contributed by atoms with Gasteiger partial charge in [0.2, 0.25) is 0 Å². The van der Waals surface area contributed by atoms with E-state index in [4.69, 9.17) is 5.11 Å². The molecule has 0 spiro atoms. The van der Waals surface area contributed by atoms with Crippen LogP contribution in [-0.4, -0.2) is 47.2 Å². The first kappa shape index (κ1) is 18.5. The number of aldehydes is 1. The van der Waals surface area contributed by atoms with Gasteiger partial charge in [-0.15, -0.1) is 11.8 Å². The van der Waals surface area contributed by atoms with Gasteiger partial charge in [0, 0.05) is 20.1 Å². The van der Waals surface area contributed by atoms with E-state index in [0.29, 0.717) is 18.7 Å². The van der Waals surface area contributed by atoms with E-state index < -0.39 is 0 Å². The van der Waals surface area contributed by atoms with Gasteiger partial charge in [-0.05, 0) is 19.1 Å². The number of nitrogens with zero attached hydrogens (tertiary/aromatic N) is 2. The van der Waals surface area contributed by atoms with E-state index in [1.807, 2.05) is 6.26 Å². The van der Waals surface area contributed by atoms with E-state index in [1.54, 1.807) is 6.20 Å². The summed E-state index contributed by atoms with van der Waals surface area (Å²) >= 11 is 1.48. The van der Waals surface area contributed by atoms with Gasteiger partial charge in [-0.2, -0.15) is 0 Å². The molecule has 1 aromatic rings. The largest absolute Gasteiger partial charge is 0.400 e. The minimum Gasteiger partial charge on any atom is -0.400 e. The van der Waals surface area contributed by atoms with Gasteiger partial charge in [-0.25, -0.2) is 9.97 Å². The molecule has 0 saturated heterocycles. The first-order valence-corrected chi connectivity index (χ1v) is 7.53. The molecule has 7 heteroatoms. The lowest BCUT2D eigenvalue weighted by atomic mass is 10.2. The molecule has 0 saturated carbocycles. The number of hydrogen-bond acceptors (Lipinski definition) is 6. The molecule has 112 valence electrons. The van der Waals surface area contributed by atoms with Crippen LogP contribution in [0.4, 0.5) is 0 Å². The number of rotatable bonds is 8. The second-order valence-corrected chi connectivity index (χ2v) is 4.54. The molecular weight excluding hydrogens is 278 g/mol. The third-order valence-corrected chi connectivity index (χ3v) is 2.98. The fourth-order valence-corrected chi connectivity index (χ4v) is 1.68. The lowest BCUT2D eigenvalue weighted by Crippen LogP contribution is -2.25. The Labute approximate surface area is 123 Å². The predicted octanol–water partition coefficient (Wildman–Crippen LogP) is 1.30. The molecule has 0 bridgehead atoms. The summed E-state index contributed by atoms with van der Waals surface area (Å²) < 4.78 is 0. The van der Waals surface area contributed by atoms with E-state index in [-0.39, 0.29) is 5.91 Å². The molecule has 0 radical (unpaired) electrons. The van der Waals surface area contributed by atoms with Gasteiger partial charge in [-0.1, -0.05) is 6.42 Å². The van der Waals surface area contributed by atoms with Crippen LogP contribution in [0.5, 0.6) is 0 Å². The van der Waals surface area contributed by atoms with Crippen molar-refractivity contribution in [2.75, 3.05) is 19.9 Å². The highest BCUT2D eigenvalue weighted by atomic mass is 32.2. The second-order valence-electron chi connectivity index (χ2n) is 3.72. The standard InChI is InChI=1S/C12H17N3O2S.CH4O/c1-18-11-9-14-10(8-15-11)12(17)13-6-4-2-3-5-7-16;1-2/h7-9H,2-6H2,1H3,(H,13,17);2H,1H3. The normalized spacial score (nSPS) is 9.35. The molecule has 0 aliphatic rings. The topological polar surface area (TPSA) is 92.2 Å². The number of thioether (sulfide) groups is 1. The Morgan fingerprint density at radius 2 is 2.05 bits per heavy atom. The van der Waals surface area contributed by atoms with Crippen LogP contribution >= 0.6 is 11.8 Å². The molecule has 0 fully saturated rings. The molecule has 1 rings (SSSR count). The summed E-state index contributed by atoms with van der Waals surface area (Å²) in [5.74, 6) is -0.203. The molecule has 0 aliphatic heterocycles. The van der Waals surface area contributed by atoms with E-state index in [2.05, 4.69) is 15.3 Å². The van der Waals surface area contributed by atoms with Crippen molar-refractivity contribution in [3.63, 3.8) is 0 Å². The first-order chi connectivity index (χ1) is 9.77. The average Bonchev–Trinajstić information content (AvgIpc) is 2.52. The number of amides is 1. The maximum absolute atomic E-state index is 11.7. The summed E-state index contributed by atoms with van der Waals surface area (Å²) in [6.07, 6.45) is 9.17. The molecule has 2 N–H and O–H groups in total. The monoisotopic (exact) mass is 299 g/mol. The Morgan fingerprint density at radius 3 is 2.60 bits per heavy atom. The van der Waals surface area contributed by atoms with Crippen molar-refractivity contribution in [3.05, 3.63) is 18.1 Å². The third kappa shape index (κ3) is 7.85. The quantitative estimate of drug-likeness (QED) is 0.427. The van der Waals surface area contributed by atoms with Crippen molar-refractivity contribution in [3.8, 4) is 0 Å². The predicted molar refractivity (Wildman–Crippen MR) is 78.8 cm³/mol. The van der Waals surface area contributed by atoms with Crippen molar-refractivity contribution in [1.82, 2.24) is 15.3 Å². The molecule has 1 aromatic heterocycles. The maximum Gasteiger partial charge on any atom is 0.271 e. The Bertz CT molecular complexity index is 385. The van der Waals surface area contributed by atoms with Crippen LogP contribution < -0.4 is 5.32 Å². The number of hydrogen-bond donors (Lipinski definition) is 2. The Balaban J connectivity index is 0.00000172. The van der Waals surface area contributed by atoms with Crippen molar-refractivity contribution >= 4 is 24.0 Å². The third-order valence-electron chi connectivity index (χ3n) is 2.35. The van der Waals surface area contributed by atoms with Crippen LogP contribution in [0.1, 0.15) is 36.2 Å². The number of nitrogens with one attached hydrogen (secondary N) is 1. The highest BCUT2D eigenvalue weighted by Crippen LogP contribution is 2.08. The number of aliphatic hydroxyl groups is 1. The number of carbonyl (C=O) groups is 2. The molecule has 0 aromatic carbocycles. The highest BCUT2D eigenvalue weighted by molar-refractivity contribution is 7.98. The average molecular weight is 299 g/mol. The first-order valence-electron chi connectivity index (χ1n) is 6.30. The minimum atomic E-state index is -0.203. The zero-order valence-corrected chi connectivity index (χ0v) is 12.7. The molecule has 0 unspecified atom stereocenters. The molecule has 1 heterocycles. The Morgan fingerprint density at radius 1 is 1.30 bits per heavy atom. The van der Waals surface area contributed by atoms with Crippen LogP contribution in [0.15, 0.2) is 17.4 Å². The maximum atomic E-state index is 11.7. The Hall–Kier alpha value is -1.47. The number of aromatic nitrogens is 2. The van der Waals surface area contributed by atoms with Gasteiger partial charge in [0.25, 0.3) is 5.91 Å². The van der Waals surface area contributed by atoms with Gasteiger partial charge in [0.05, 0.1) is 12.4 Å². The summed E-state index contributed by atoms with van der Waals surface area (Å²) in [6.45, 7) is 0.601. The van der Waals surface area contributed by atoms with E-state index >= 15 is 0 Å². The fraction of sp³-hybridized carbons (Fsp3) is 0.538. The van der Waals surface area contributed by atoms with E-state index in [1.165, 1.54) is 18.0 Å². The summed E-state index contributed by atoms with van der Waals surface area (Å²) in [4.78, 5) is 29.9. The second kappa shape index (κ2) is 12.6. The van der Waals surface area contributed by atoms with Crippen LogP contribution in [0.2, 0.25) is 0 Å². The van der Waals surface area contributed by atoms with Crippen LogP contribution in [0.25, 0.3) is 0 Å². The zero-order valence-electron chi connectivity index (χ0n) is 11.8.